The summed E-state index contributed by atoms with van der Waals surface area (Å²) in [7, 11) is 0. The Labute approximate surface area is 186 Å². The van der Waals surface area contributed by atoms with E-state index in [0.717, 1.165) is 5.56 Å². The summed E-state index contributed by atoms with van der Waals surface area (Å²) in [6, 6.07) is 18.5. The van der Waals surface area contributed by atoms with Crippen LogP contribution in [-0.2, 0) is 9.59 Å². The zero-order chi connectivity index (χ0) is 22.8. The summed E-state index contributed by atoms with van der Waals surface area (Å²) < 4.78 is 5.65. The van der Waals surface area contributed by atoms with E-state index in [1.807, 2.05) is 32.9 Å². The second-order valence-corrected chi connectivity index (χ2v) is 7.95. The Morgan fingerprint density at radius 2 is 1.69 bits per heavy atom. The van der Waals surface area contributed by atoms with Gasteiger partial charge in [-0.3, -0.25) is 19.5 Å². The zero-order valence-corrected chi connectivity index (χ0v) is 18.1. The Balaban J connectivity index is 1.84. The van der Waals surface area contributed by atoms with E-state index in [-0.39, 0.29) is 17.4 Å². The van der Waals surface area contributed by atoms with Crippen LogP contribution in [-0.4, -0.2) is 27.9 Å². The first-order chi connectivity index (χ1) is 15.4. The molecule has 2 heterocycles. The molecule has 1 amide bonds. The number of aromatic nitrogens is 1. The number of rotatable bonds is 5. The van der Waals surface area contributed by atoms with Crippen molar-refractivity contribution >= 4 is 23.1 Å². The van der Waals surface area contributed by atoms with Crippen LogP contribution < -0.4 is 9.64 Å². The summed E-state index contributed by atoms with van der Waals surface area (Å²) in [5.74, 6) is -1.05. The molecule has 6 heteroatoms. The van der Waals surface area contributed by atoms with E-state index in [1.165, 1.54) is 4.90 Å². The van der Waals surface area contributed by atoms with Gasteiger partial charge in [0.25, 0.3) is 11.7 Å². The molecule has 1 aromatic heterocycles. The Bertz CT molecular complexity index is 1170. The summed E-state index contributed by atoms with van der Waals surface area (Å²) in [5, 5.41) is 11.1. The van der Waals surface area contributed by atoms with Crippen molar-refractivity contribution in [2.75, 3.05) is 4.90 Å². The topological polar surface area (TPSA) is 79.7 Å². The Morgan fingerprint density at radius 3 is 2.28 bits per heavy atom. The number of Topliss-reactive ketones (excluding diaryl/α,β-unsaturated/α-hetero) is 1. The fraction of sp³-hybridized carbons (Fsp3) is 0.192. The number of aliphatic hydroxyl groups excluding tert-OH is 1. The number of hydrogen-bond donors (Lipinski definition) is 1. The fourth-order valence-electron chi connectivity index (χ4n) is 3.74. The van der Waals surface area contributed by atoms with E-state index < -0.39 is 17.7 Å². The average molecular weight is 428 g/mol. The van der Waals surface area contributed by atoms with Crippen LogP contribution >= 0.6 is 0 Å². The lowest BCUT2D eigenvalue weighted by molar-refractivity contribution is -0.132. The van der Waals surface area contributed by atoms with Crippen molar-refractivity contribution in [1.82, 2.24) is 4.98 Å². The molecule has 6 nitrogen and oxygen atoms in total. The number of pyridine rings is 1. The molecule has 1 aliphatic heterocycles. The van der Waals surface area contributed by atoms with Crippen molar-refractivity contribution in [2.45, 2.75) is 32.9 Å². The molecule has 2 aromatic carbocycles. The third-order valence-electron chi connectivity index (χ3n) is 5.22. The number of aliphatic hydroxyl groups is 1. The van der Waals surface area contributed by atoms with Crippen LogP contribution in [0.2, 0.25) is 0 Å². The summed E-state index contributed by atoms with van der Waals surface area (Å²) >= 11 is 0. The van der Waals surface area contributed by atoms with Gasteiger partial charge in [0.15, 0.2) is 0 Å². The van der Waals surface area contributed by atoms with E-state index in [4.69, 9.17) is 4.74 Å². The van der Waals surface area contributed by atoms with Gasteiger partial charge in [-0.1, -0.05) is 23.8 Å². The molecule has 4 rings (SSSR count). The third kappa shape index (κ3) is 3.99. The molecule has 1 fully saturated rings. The molecule has 1 saturated heterocycles. The Kier molecular flexibility index (Phi) is 5.77. The summed E-state index contributed by atoms with van der Waals surface area (Å²) in [4.78, 5) is 32.0. The van der Waals surface area contributed by atoms with Gasteiger partial charge in [-0.25, -0.2) is 0 Å². The van der Waals surface area contributed by atoms with E-state index in [0.29, 0.717) is 22.7 Å². The molecular weight excluding hydrogens is 404 g/mol. The highest BCUT2D eigenvalue weighted by Crippen LogP contribution is 2.41. The van der Waals surface area contributed by atoms with Gasteiger partial charge in [-0.15, -0.1) is 0 Å². The molecule has 0 aliphatic carbocycles. The molecule has 162 valence electrons. The van der Waals surface area contributed by atoms with Crippen molar-refractivity contribution in [2.24, 2.45) is 0 Å². The lowest BCUT2D eigenvalue weighted by Crippen LogP contribution is -2.29. The monoisotopic (exact) mass is 428 g/mol. The van der Waals surface area contributed by atoms with Gasteiger partial charge in [0.2, 0.25) is 0 Å². The highest BCUT2D eigenvalue weighted by atomic mass is 16.5. The highest BCUT2D eigenvalue weighted by Gasteiger charge is 2.47. The predicted molar refractivity (Wildman–Crippen MR) is 122 cm³/mol. The number of ether oxygens (including phenoxy) is 1. The number of anilines is 1. The van der Waals surface area contributed by atoms with Crippen molar-refractivity contribution in [3.8, 4) is 5.75 Å². The number of ketones is 1. The van der Waals surface area contributed by atoms with Gasteiger partial charge < -0.3 is 9.84 Å². The van der Waals surface area contributed by atoms with Crippen LogP contribution in [0.25, 0.3) is 5.76 Å². The summed E-state index contributed by atoms with van der Waals surface area (Å²) in [5.41, 5.74) is 2.51. The van der Waals surface area contributed by atoms with E-state index in [2.05, 4.69) is 4.98 Å². The first-order valence-corrected chi connectivity index (χ1v) is 10.4. The van der Waals surface area contributed by atoms with Gasteiger partial charge in [-0.05, 0) is 69.3 Å². The number of benzene rings is 2. The van der Waals surface area contributed by atoms with Crippen molar-refractivity contribution < 1.29 is 19.4 Å². The lowest BCUT2D eigenvalue weighted by Gasteiger charge is -2.24. The average Bonchev–Trinajstić information content (AvgIpc) is 3.05. The minimum Gasteiger partial charge on any atom is -0.507 e. The smallest absolute Gasteiger partial charge is 0.300 e. The Hall–Kier alpha value is -3.93. The molecule has 1 N–H and O–H groups in total. The zero-order valence-electron chi connectivity index (χ0n) is 18.1. The molecule has 3 aromatic rings. The molecule has 0 radical (unpaired) electrons. The Morgan fingerprint density at radius 1 is 1.00 bits per heavy atom. The van der Waals surface area contributed by atoms with Crippen LogP contribution in [0.15, 0.2) is 78.5 Å². The number of aryl methyl sites for hydroxylation is 1. The third-order valence-corrected chi connectivity index (χ3v) is 5.22. The van der Waals surface area contributed by atoms with Gasteiger partial charge in [0.05, 0.1) is 17.4 Å². The van der Waals surface area contributed by atoms with Crippen LogP contribution in [0, 0.1) is 6.92 Å². The second kappa shape index (κ2) is 8.67. The van der Waals surface area contributed by atoms with Crippen LogP contribution in [0.1, 0.15) is 36.7 Å². The maximum atomic E-state index is 13.1. The molecule has 1 atom stereocenters. The molecule has 32 heavy (non-hydrogen) atoms. The fourth-order valence-corrected chi connectivity index (χ4v) is 3.74. The standard InChI is InChI=1S/C26H24N2O4/c1-16(2)32-20-13-9-18(10-14-20)24(29)22-23(21-6-4-5-15-27-21)28(26(31)25(22)30)19-11-7-17(3)8-12-19/h4-16,23,29H,1-3H3/b24-22-. The SMILES string of the molecule is Cc1ccc(N2C(=O)C(=O)/C(=C(\O)c3ccc(OC(C)C)cc3)C2c2ccccn2)cc1. The number of carbonyl (C=O) groups is 2. The van der Waals surface area contributed by atoms with Gasteiger partial charge >= 0.3 is 0 Å². The molecule has 0 bridgehead atoms. The largest absolute Gasteiger partial charge is 0.507 e. The molecule has 1 unspecified atom stereocenters. The normalized spacial score (nSPS) is 17.8. The van der Waals surface area contributed by atoms with Gasteiger partial charge in [0.1, 0.15) is 17.6 Å². The highest BCUT2D eigenvalue weighted by molar-refractivity contribution is 6.51. The van der Waals surface area contributed by atoms with Crippen LogP contribution in [0.3, 0.4) is 0 Å². The van der Waals surface area contributed by atoms with E-state index in [1.54, 1.807) is 60.8 Å². The molecule has 0 spiro atoms. The van der Waals surface area contributed by atoms with Crippen molar-refractivity contribution in [3.05, 3.63) is 95.3 Å². The van der Waals surface area contributed by atoms with Crippen LogP contribution in [0.5, 0.6) is 5.75 Å². The number of carbonyl (C=O) groups excluding carboxylic acids is 2. The van der Waals surface area contributed by atoms with E-state index in [9.17, 15) is 14.7 Å². The maximum Gasteiger partial charge on any atom is 0.300 e. The van der Waals surface area contributed by atoms with Crippen molar-refractivity contribution in [1.29, 1.82) is 0 Å². The van der Waals surface area contributed by atoms with Crippen molar-refractivity contribution in [3.63, 3.8) is 0 Å². The number of amides is 1. The summed E-state index contributed by atoms with van der Waals surface area (Å²) in [6.45, 7) is 5.79. The number of hydrogen-bond acceptors (Lipinski definition) is 5. The van der Waals surface area contributed by atoms with Crippen LogP contribution in [0.4, 0.5) is 5.69 Å². The second-order valence-electron chi connectivity index (χ2n) is 7.95. The first-order valence-electron chi connectivity index (χ1n) is 10.4. The maximum absolute atomic E-state index is 13.1. The summed E-state index contributed by atoms with van der Waals surface area (Å²) in [6.07, 6.45) is 1.61. The minimum atomic E-state index is -0.842. The lowest BCUT2D eigenvalue weighted by atomic mass is 9.98. The van der Waals surface area contributed by atoms with E-state index >= 15 is 0 Å². The molecular formula is C26H24N2O4. The quantitative estimate of drug-likeness (QED) is 0.359. The predicted octanol–water partition coefficient (Wildman–Crippen LogP) is 4.80. The minimum absolute atomic E-state index is 0.00630. The molecule has 1 aliphatic rings. The first kappa shape index (κ1) is 21.3. The molecule has 0 saturated carbocycles. The number of nitrogens with zero attached hydrogens (tertiary/aromatic N) is 2. The van der Waals surface area contributed by atoms with Gasteiger partial charge in [-0.2, -0.15) is 0 Å². The van der Waals surface area contributed by atoms with Gasteiger partial charge in [0, 0.05) is 17.4 Å².